The topological polar surface area (TPSA) is 29.9 Å². The molecule has 1 aromatic heterocycles. The number of halogens is 2. The van der Waals surface area contributed by atoms with Gasteiger partial charge in [0.25, 0.3) is 0 Å². The molecule has 0 aliphatic rings. The third-order valence-corrected chi connectivity index (χ3v) is 4.84. The smallest absolute Gasteiger partial charge is 0.149 e. The minimum absolute atomic E-state index is 0.688. The fraction of sp³-hybridized carbons (Fsp3) is 0.211. The van der Waals surface area contributed by atoms with Crippen LogP contribution in [0, 0.1) is 13.8 Å². The number of alkyl halides is 1. The van der Waals surface area contributed by atoms with Gasteiger partial charge < -0.3 is 5.32 Å². The highest BCUT2D eigenvalue weighted by molar-refractivity contribution is 9.08. The normalized spacial score (nSPS) is 10.9. The summed E-state index contributed by atoms with van der Waals surface area (Å²) in [5.74, 6) is 1.68. The second kappa shape index (κ2) is 6.99. The monoisotopic (exact) mass is 403 g/mol. The molecule has 2 aromatic carbocycles. The first-order valence-electron chi connectivity index (χ1n) is 7.74. The van der Waals surface area contributed by atoms with Crippen molar-refractivity contribution in [2.45, 2.75) is 19.2 Å². The highest BCUT2D eigenvalue weighted by Gasteiger charge is 2.20. The number of hydrogen-bond acceptors (Lipinski definition) is 2. The molecule has 24 heavy (non-hydrogen) atoms. The standard InChI is InChI=1S/C19H19BrClN3/c1-12-4-7-14(8-5-12)24-17(11-20)18(22-3)23-19(24)15-9-6-13(2)10-16(15)21/h4-10,22H,11H2,1-3H3. The molecule has 124 valence electrons. The molecule has 0 fully saturated rings. The van der Waals surface area contributed by atoms with E-state index in [0.29, 0.717) is 10.4 Å². The fourth-order valence-electron chi connectivity index (χ4n) is 2.73. The first-order valence-corrected chi connectivity index (χ1v) is 9.24. The number of anilines is 1. The molecule has 0 aliphatic heterocycles. The third kappa shape index (κ3) is 3.08. The van der Waals surface area contributed by atoms with Gasteiger partial charge in [-0.25, -0.2) is 4.98 Å². The molecule has 1 heterocycles. The Labute approximate surface area is 155 Å². The van der Waals surface area contributed by atoms with Crippen molar-refractivity contribution in [3.63, 3.8) is 0 Å². The van der Waals surface area contributed by atoms with Crippen LogP contribution < -0.4 is 5.32 Å². The maximum absolute atomic E-state index is 6.51. The number of benzene rings is 2. The molecule has 0 atom stereocenters. The van der Waals surface area contributed by atoms with Crippen LogP contribution in [0.2, 0.25) is 5.02 Å². The minimum Gasteiger partial charge on any atom is -0.372 e. The maximum Gasteiger partial charge on any atom is 0.149 e. The summed E-state index contributed by atoms with van der Waals surface area (Å²) >= 11 is 10.1. The SMILES string of the molecule is CNc1nc(-c2ccc(C)cc2Cl)n(-c2ccc(C)cc2)c1CBr. The predicted molar refractivity (Wildman–Crippen MR) is 106 cm³/mol. The summed E-state index contributed by atoms with van der Waals surface area (Å²) in [4.78, 5) is 4.80. The number of imidazole rings is 1. The number of nitrogens with zero attached hydrogens (tertiary/aromatic N) is 2. The third-order valence-electron chi connectivity index (χ3n) is 3.99. The van der Waals surface area contributed by atoms with Crippen molar-refractivity contribution < 1.29 is 0 Å². The molecular formula is C19H19BrClN3. The molecule has 0 bridgehead atoms. The molecule has 0 saturated carbocycles. The average molecular weight is 405 g/mol. The van der Waals surface area contributed by atoms with Gasteiger partial charge in [-0.15, -0.1) is 0 Å². The Morgan fingerprint density at radius 1 is 1.08 bits per heavy atom. The second-order valence-electron chi connectivity index (χ2n) is 5.77. The lowest BCUT2D eigenvalue weighted by Gasteiger charge is -2.13. The van der Waals surface area contributed by atoms with Gasteiger partial charge in [0.2, 0.25) is 0 Å². The summed E-state index contributed by atoms with van der Waals surface area (Å²) in [6.45, 7) is 4.12. The van der Waals surface area contributed by atoms with Crippen molar-refractivity contribution in [2.75, 3.05) is 12.4 Å². The zero-order valence-corrected chi connectivity index (χ0v) is 16.2. The Balaban J connectivity index is 2.29. The van der Waals surface area contributed by atoms with E-state index in [1.54, 1.807) is 0 Å². The Morgan fingerprint density at radius 2 is 1.75 bits per heavy atom. The molecule has 0 unspecified atom stereocenters. The van der Waals surface area contributed by atoms with Crippen molar-refractivity contribution in [2.24, 2.45) is 0 Å². The summed E-state index contributed by atoms with van der Waals surface area (Å²) in [5, 5.41) is 4.58. The molecule has 3 aromatic rings. The molecule has 0 aliphatic carbocycles. The summed E-state index contributed by atoms with van der Waals surface area (Å²) in [5.41, 5.74) is 5.41. The van der Waals surface area contributed by atoms with E-state index >= 15 is 0 Å². The van der Waals surface area contributed by atoms with E-state index < -0.39 is 0 Å². The van der Waals surface area contributed by atoms with E-state index in [-0.39, 0.29) is 0 Å². The zero-order valence-electron chi connectivity index (χ0n) is 13.9. The minimum atomic E-state index is 0.688. The number of nitrogens with one attached hydrogen (secondary N) is 1. The van der Waals surface area contributed by atoms with Crippen molar-refractivity contribution in [3.8, 4) is 17.1 Å². The quantitative estimate of drug-likeness (QED) is 0.561. The van der Waals surface area contributed by atoms with Gasteiger partial charge >= 0.3 is 0 Å². The van der Waals surface area contributed by atoms with E-state index in [1.165, 1.54) is 5.56 Å². The first-order chi connectivity index (χ1) is 11.5. The Kier molecular flexibility index (Phi) is 4.97. The van der Waals surface area contributed by atoms with Crippen molar-refractivity contribution >= 4 is 33.3 Å². The lowest BCUT2D eigenvalue weighted by molar-refractivity contribution is 1.01. The lowest BCUT2D eigenvalue weighted by Crippen LogP contribution is -2.02. The van der Waals surface area contributed by atoms with E-state index in [0.717, 1.165) is 34.2 Å². The maximum atomic E-state index is 6.51. The van der Waals surface area contributed by atoms with Crippen molar-refractivity contribution in [1.82, 2.24) is 9.55 Å². The fourth-order valence-corrected chi connectivity index (χ4v) is 3.57. The van der Waals surface area contributed by atoms with E-state index in [9.17, 15) is 0 Å². The zero-order chi connectivity index (χ0) is 17.3. The van der Waals surface area contributed by atoms with Gasteiger partial charge in [0.15, 0.2) is 0 Å². The molecular weight excluding hydrogens is 386 g/mol. The van der Waals surface area contributed by atoms with Crippen LogP contribution in [-0.2, 0) is 5.33 Å². The summed E-state index contributed by atoms with van der Waals surface area (Å²) < 4.78 is 2.15. The summed E-state index contributed by atoms with van der Waals surface area (Å²) in [7, 11) is 1.88. The second-order valence-corrected chi connectivity index (χ2v) is 6.74. The van der Waals surface area contributed by atoms with Crippen LogP contribution in [-0.4, -0.2) is 16.6 Å². The number of hydrogen-bond donors (Lipinski definition) is 1. The number of aromatic nitrogens is 2. The van der Waals surface area contributed by atoms with Crippen molar-refractivity contribution in [3.05, 3.63) is 64.3 Å². The molecule has 0 spiro atoms. The van der Waals surface area contributed by atoms with E-state index in [1.807, 2.05) is 26.1 Å². The van der Waals surface area contributed by atoms with Crippen LogP contribution in [0.3, 0.4) is 0 Å². The Morgan fingerprint density at radius 3 is 2.33 bits per heavy atom. The van der Waals surface area contributed by atoms with Crippen LogP contribution in [0.15, 0.2) is 42.5 Å². The van der Waals surface area contributed by atoms with Gasteiger partial charge in [0.05, 0.1) is 10.7 Å². The molecule has 3 nitrogen and oxygen atoms in total. The molecule has 1 N–H and O–H groups in total. The van der Waals surface area contributed by atoms with Gasteiger partial charge in [0, 0.05) is 23.6 Å². The molecule has 5 heteroatoms. The largest absolute Gasteiger partial charge is 0.372 e. The van der Waals surface area contributed by atoms with Gasteiger partial charge in [-0.3, -0.25) is 4.57 Å². The van der Waals surface area contributed by atoms with Crippen LogP contribution in [0.5, 0.6) is 0 Å². The molecule has 0 amide bonds. The Bertz CT molecular complexity index is 869. The van der Waals surface area contributed by atoms with Gasteiger partial charge in [0.1, 0.15) is 11.6 Å². The first kappa shape index (κ1) is 17.1. The summed E-state index contributed by atoms with van der Waals surface area (Å²) in [6, 6.07) is 14.5. The van der Waals surface area contributed by atoms with Crippen LogP contribution in [0.1, 0.15) is 16.8 Å². The van der Waals surface area contributed by atoms with Crippen LogP contribution in [0.25, 0.3) is 17.1 Å². The van der Waals surface area contributed by atoms with E-state index in [2.05, 4.69) is 63.1 Å². The highest BCUT2D eigenvalue weighted by atomic mass is 79.9. The molecule has 3 rings (SSSR count). The lowest BCUT2D eigenvalue weighted by atomic mass is 10.1. The Hall–Kier alpha value is -1.78. The number of rotatable bonds is 4. The van der Waals surface area contributed by atoms with Gasteiger partial charge in [-0.05, 0) is 43.7 Å². The van der Waals surface area contributed by atoms with Crippen molar-refractivity contribution in [1.29, 1.82) is 0 Å². The molecule has 0 saturated heterocycles. The van der Waals surface area contributed by atoms with Gasteiger partial charge in [-0.1, -0.05) is 51.3 Å². The number of aryl methyl sites for hydroxylation is 2. The highest BCUT2D eigenvalue weighted by Crippen LogP contribution is 2.34. The summed E-state index contributed by atoms with van der Waals surface area (Å²) in [6.07, 6.45) is 0. The molecule has 0 radical (unpaired) electrons. The van der Waals surface area contributed by atoms with Gasteiger partial charge in [-0.2, -0.15) is 0 Å². The van der Waals surface area contributed by atoms with E-state index in [4.69, 9.17) is 16.6 Å². The van der Waals surface area contributed by atoms with Crippen LogP contribution in [0.4, 0.5) is 5.82 Å². The predicted octanol–water partition coefficient (Wildman–Crippen LogP) is 5.75. The van der Waals surface area contributed by atoms with Crippen LogP contribution >= 0.6 is 27.5 Å². The average Bonchev–Trinajstić information content (AvgIpc) is 2.94.